The van der Waals surface area contributed by atoms with Gasteiger partial charge in [-0.25, -0.2) is 8.78 Å². The van der Waals surface area contributed by atoms with Crippen LogP contribution in [-0.2, 0) is 11.2 Å². The van der Waals surface area contributed by atoms with Gasteiger partial charge in [0.1, 0.15) is 11.6 Å². The first-order valence-electron chi connectivity index (χ1n) is 13.5. The Bertz CT molecular complexity index is 1460. The number of fused-ring (bicyclic) bond motifs is 1. The van der Waals surface area contributed by atoms with Crippen molar-refractivity contribution in [1.82, 2.24) is 15.1 Å². The number of aromatic nitrogens is 2. The van der Waals surface area contributed by atoms with Crippen LogP contribution >= 0.6 is 0 Å². The Hall–Kier alpha value is -4.06. The van der Waals surface area contributed by atoms with Crippen LogP contribution in [0.15, 0.2) is 79.0 Å². The lowest BCUT2D eigenvalue weighted by atomic mass is 9.87. The summed E-state index contributed by atoms with van der Waals surface area (Å²) < 4.78 is 28.4. The number of aryl methyl sites for hydroxylation is 1. The number of benzene rings is 3. The molecule has 0 aliphatic heterocycles. The third-order valence-corrected chi connectivity index (χ3v) is 6.88. The smallest absolute Gasteiger partial charge is 0.245 e. The molecule has 0 fully saturated rings. The van der Waals surface area contributed by atoms with E-state index >= 15 is 0 Å². The fourth-order valence-electron chi connectivity index (χ4n) is 4.81. The van der Waals surface area contributed by atoms with Crippen molar-refractivity contribution in [3.63, 3.8) is 0 Å². The zero-order chi connectivity index (χ0) is 27.8. The van der Waals surface area contributed by atoms with Crippen molar-refractivity contribution >= 4 is 28.0 Å². The topological polar surface area (TPSA) is 49.0 Å². The summed E-state index contributed by atoms with van der Waals surface area (Å²) in [6.45, 7) is 2.01. The summed E-state index contributed by atoms with van der Waals surface area (Å²) in [6.07, 6.45) is 11.0. The standard InChI is InChI=1S/C33H35F2N3O/c1-4-30(26-19-28(34)21-29(35)20-26)33(25-16-17-31-27(18-25)22-36-37-31)24-14-12-23(13-15-24)10-8-6-5-7-9-11-32(39)38(2)3/h9,11-22H,4-8,10H2,1-3H3,(H,36,37)/b11-9+,33-30+. The van der Waals surface area contributed by atoms with E-state index in [1.54, 1.807) is 31.3 Å². The van der Waals surface area contributed by atoms with Crippen molar-refractivity contribution in [1.29, 1.82) is 0 Å². The van der Waals surface area contributed by atoms with Gasteiger partial charge in [-0.2, -0.15) is 5.10 Å². The highest BCUT2D eigenvalue weighted by molar-refractivity contribution is 6.00. The second kappa shape index (κ2) is 13.1. The lowest BCUT2D eigenvalue weighted by Gasteiger charge is -2.17. The normalized spacial score (nSPS) is 12.2. The van der Waals surface area contributed by atoms with Crippen LogP contribution in [0.3, 0.4) is 0 Å². The summed E-state index contributed by atoms with van der Waals surface area (Å²) in [5.74, 6) is -1.16. The number of nitrogens with zero attached hydrogens (tertiary/aromatic N) is 2. The van der Waals surface area contributed by atoms with Gasteiger partial charge in [-0.15, -0.1) is 0 Å². The first kappa shape index (κ1) is 28.0. The van der Waals surface area contributed by atoms with Gasteiger partial charge in [0.15, 0.2) is 0 Å². The van der Waals surface area contributed by atoms with Crippen LogP contribution in [0.25, 0.3) is 22.0 Å². The maximum Gasteiger partial charge on any atom is 0.245 e. The Balaban J connectivity index is 1.55. The highest BCUT2D eigenvalue weighted by Gasteiger charge is 2.15. The van der Waals surface area contributed by atoms with Crippen LogP contribution < -0.4 is 0 Å². The number of amides is 1. The minimum atomic E-state index is -0.587. The third kappa shape index (κ3) is 7.29. The fourth-order valence-corrected chi connectivity index (χ4v) is 4.81. The maximum absolute atomic E-state index is 14.2. The largest absolute Gasteiger partial charge is 0.345 e. The van der Waals surface area contributed by atoms with Crippen molar-refractivity contribution in [2.24, 2.45) is 0 Å². The number of allylic oxidation sites excluding steroid dienone is 2. The lowest BCUT2D eigenvalue weighted by molar-refractivity contribution is -0.123. The van der Waals surface area contributed by atoms with Gasteiger partial charge in [0.2, 0.25) is 5.91 Å². The van der Waals surface area contributed by atoms with Gasteiger partial charge < -0.3 is 4.90 Å². The van der Waals surface area contributed by atoms with Gasteiger partial charge in [-0.3, -0.25) is 9.89 Å². The summed E-state index contributed by atoms with van der Waals surface area (Å²) >= 11 is 0. The average Bonchev–Trinajstić information content (AvgIpc) is 3.39. The fraction of sp³-hybridized carbons (Fsp3) is 0.273. The average molecular weight is 528 g/mol. The van der Waals surface area contributed by atoms with E-state index in [9.17, 15) is 13.6 Å². The molecule has 0 unspecified atom stereocenters. The second-order valence-electron chi connectivity index (χ2n) is 9.97. The summed E-state index contributed by atoms with van der Waals surface area (Å²) in [4.78, 5) is 13.2. The molecule has 0 radical (unpaired) electrons. The quantitative estimate of drug-likeness (QED) is 0.122. The van der Waals surface area contributed by atoms with Crippen LogP contribution in [0.5, 0.6) is 0 Å². The van der Waals surface area contributed by atoms with Crippen LogP contribution in [0, 0.1) is 11.6 Å². The molecule has 0 aliphatic rings. The molecule has 4 rings (SSSR count). The number of halogens is 2. The van der Waals surface area contributed by atoms with Crippen LogP contribution in [-0.4, -0.2) is 35.1 Å². The lowest BCUT2D eigenvalue weighted by Crippen LogP contribution is -2.18. The zero-order valence-electron chi connectivity index (χ0n) is 22.8. The summed E-state index contributed by atoms with van der Waals surface area (Å²) in [5.41, 5.74) is 6.53. The Labute approximate surface area is 229 Å². The Morgan fingerprint density at radius 1 is 0.897 bits per heavy atom. The predicted molar refractivity (Wildman–Crippen MR) is 155 cm³/mol. The van der Waals surface area contributed by atoms with Crippen molar-refractivity contribution in [3.05, 3.63) is 113 Å². The summed E-state index contributed by atoms with van der Waals surface area (Å²) in [7, 11) is 3.50. The number of carbonyl (C=O) groups excluding carboxylic acids is 1. The van der Waals surface area contributed by atoms with E-state index in [2.05, 4.69) is 40.5 Å². The number of hydrogen-bond acceptors (Lipinski definition) is 2. The zero-order valence-corrected chi connectivity index (χ0v) is 22.8. The molecule has 202 valence electrons. The summed E-state index contributed by atoms with van der Waals surface area (Å²) in [5, 5.41) is 8.10. The predicted octanol–water partition coefficient (Wildman–Crippen LogP) is 7.96. The number of aromatic amines is 1. The minimum absolute atomic E-state index is 0.0157. The molecule has 1 N–H and O–H groups in total. The highest BCUT2D eigenvalue weighted by Crippen LogP contribution is 2.36. The number of rotatable bonds is 11. The first-order chi connectivity index (χ1) is 18.9. The molecule has 0 saturated carbocycles. The monoisotopic (exact) mass is 527 g/mol. The molecule has 0 saturated heterocycles. The SMILES string of the molecule is CC/C(=C(/c1ccc(CCCCC/C=C/C(=O)N(C)C)cc1)c1ccc2[nH]ncc2c1)c1cc(F)cc(F)c1. The van der Waals surface area contributed by atoms with Crippen molar-refractivity contribution < 1.29 is 13.6 Å². The minimum Gasteiger partial charge on any atom is -0.345 e. The van der Waals surface area contributed by atoms with E-state index in [0.717, 1.165) is 71.3 Å². The third-order valence-electron chi connectivity index (χ3n) is 6.88. The van der Waals surface area contributed by atoms with E-state index < -0.39 is 11.6 Å². The van der Waals surface area contributed by atoms with E-state index in [-0.39, 0.29) is 5.91 Å². The number of H-pyrrole nitrogens is 1. The summed E-state index contributed by atoms with van der Waals surface area (Å²) in [6, 6.07) is 18.3. The van der Waals surface area contributed by atoms with E-state index in [0.29, 0.717) is 12.0 Å². The van der Waals surface area contributed by atoms with Crippen LogP contribution in [0.1, 0.15) is 61.3 Å². The Kier molecular flexibility index (Phi) is 9.42. The molecule has 39 heavy (non-hydrogen) atoms. The molecule has 6 heteroatoms. The van der Waals surface area contributed by atoms with Gasteiger partial charge in [0.25, 0.3) is 0 Å². The van der Waals surface area contributed by atoms with Gasteiger partial charge >= 0.3 is 0 Å². The molecule has 1 aromatic heterocycles. The number of carbonyl (C=O) groups is 1. The van der Waals surface area contributed by atoms with Crippen LogP contribution in [0.2, 0.25) is 0 Å². The van der Waals surface area contributed by atoms with E-state index in [1.165, 1.54) is 17.7 Å². The van der Waals surface area contributed by atoms with Crippen molar-refractivity contribution in [2.45, 2.75) is 45.4 Å². The second-order valence-corrected chi connectivity index (χ2v) is 9.97. The van der Waals surface area contributed by atoms with Crippen LogP contribution in [0.4, 0.5) is 8.78 Å². The molecule has 0 spiro atoms. The first-order valence-corrected chi connectivity index (χ1v) is 13.5. The molecule has 1 heterocycles. The molecule has 3 aromatic carbocycles. The molecular weight excluding hydrogens is 492 g/mol. The Morgan fingerprint density at radius 2 is 1.62 bits per heavy atom. The molecule has 0 aliphatic carbocycles. The number of hydrogen-bond donors (Lipinski definition) is 1. The molecular formula is C33H35F2N3O. The van der Waals surface area contributed by atoms with Gasteiger partial charge in [-0.1, -0.05) is 49.8 Å². The van der Waals surface area contributed by atoms with Gasteiger partial charge in [0, 0.05) is 25.5 Å². The molecule has 4 aromatic rings. The number of nitrogens with one attached hydrogen (secondary N) is 1. The van der Waals surface area contributed by atoms with Gasteiger partial charge in [-0.05, 0) is 95.8 Å². The van der Waals surface area contributed by atoms with E-state index in [1.807, 2.05) is 25.1 Å². The van der Waals surface area contributed by atoms with E-state index in [4.69, 9.17) is 0 Å². The highest BCUT2D eigenvalue weighted by atomic mass is 19.1. The maximum atomic E-state index is 14.2. The van der Waals surface area contributed by atoms with Crippen molar-refractivity contribution in [3.8, 4) is 0 Å². The van der Waals surface area contributed by atoms with Crippen molar-refractivity contribution in [2.75, 3.05) is 14.1 Å². The number of unbranched alkanes of at least 4 members (excludes halogenated alkanes) is 3. The molecule has 0 atom stereocenters. The molecule has 1 amide bonds. The molecule has 0 bridgehead atoms. The number of likely N-dealkylation sites (N-methyl/N-ethyl adjacent to an activating group) is 1. The Morgan fingerprint density at radius 3 is 2.31 bits per heavy atom. The molecule has 4 nitrogen and oxygen atoms in total. The van der Waals surface area contributed by atoms with Gasteiger partial charge in [0.05, 0.1) is 11.7 Å².